The first kappa shape index (κ1) is 16.8. The maximum absolute atomic E-state index is 11.8. The molecule has 0 spiro atoms. The second kappa shape index (κ2) is 9.64. The first-order chi connectivity index (χ1) is 10.2. The molecule has 0 fully saturated rings. The van der Waals surface area contributed by atoms with Crippen LogP contribution in [0.25, 0.3) is 0 Å². The van der Waals surface area contributed by atoms with E-state index in [4.69, 9.17) is 4.74 Å². The average Bonchev–Trinajstić information content (AvgIpc) is 2.49. The van der Waals surface area contributed by atoms with Gasteiger partial charge >= 0.3 is 5.97 Å². The minimum atomic E-state index is -0.394. The quantitative estimate of drug-likeness (QED) is 0.398. The van der Waals surface area contributed by atoms with Crippen LogP contribution in [-0.2, 0) is 25.5 Å². The predicted octanol–water partition coefficient (Wildman–Crippen LogP) is 2.51. The fraction of sp³-hybridized carbons (Fsp3) is 0.353. The van der Waals surface area contributed by atoms with Crippen molar-refractivity contribution >= 4 is 18.5 Å². The zero-order valence-corrected chi connectivity index (χ0v) is 12.2. The smallest absolute Gasteiger partial charge is 0.306 e. The SMILES string of the molecule is C/C=C(/C=O)[C@@H](CC=O)CC(=O)OCCc1ccccc1. The number of allylic oxidation sites excluding steroid dienone is 2. The number of aldehydes is 2. The minimum Gasteiger partial charge on any atom is -0.465 e. The molecular weight excluding hydrogens is 268 g/mol. The molecule has 0 aromatic heterocycles. The molecule has 1 rings (SSSR count). The first-order valence-corrected chi connectivity index (χ1v) is 6.95. The zero-order valence-electron chi connectivity index (χ0n) is 12.2. The predicted molar refractivity (Wildman–Crippen MR) is 79.7 cm³/mol. The third kappa shape index (κ3) is 6.17. The van der Waals surface area contributed by atoms with Gasteiger partial charge in [-0.15, -0.1) is 0 Å². The fourth-order valence-corrected chi connectivity index (χ4v) is 2.04. The van der Waals surface area contributed by atoms with Crippen molar-refractivity contribution in [2.45, 2.75) is 26.2 Å². The van der Waals surface area contributed by atoms with E-state index in [1.54, 1.807) is 13.0 Å². The van der Waals surface area contributed by atoms with Crippen LogP contribution in [0.15, 0.2) is 42.0 Å². The molecule has 1 aromatic rings. The number of carbonyl (C=O) groups excluding carboxylic acids is 3. The van der Waals surface area contributed by atoms with Crippen LogP contribution in [0.1, 0.15) is 25.3 Å². The summed E-state index contributed by atoms with van der Waals surface area (Å²) in [4.78, 5) is 33.3. The third-order valence-corrected chi connectivity index (χ3v) is 3.23. The summed E-state index contributed by atoms with van der Waals surface area (Å²) in [6.45, 7) is 2.01. The van der Waals surface area contributed by atoms with E-state index < -0.39 is 5.92 Å². The summed E-state index contributed by atoms with van der Waals surface area (Å²) in [6.07, 6.45) is 3.87. The lowest BCUT2D eigenvalue weighted by molar-refractivity contribution is -0.144. The van der Waals surface area contributed by atoms with E-state index >= 15 is 0 Å². The number of carbonyl (C=O) groups is 3. The van der Waals surface area contributed by atoms with Gasteiger partial charge in [-0.25, -0.2) is 0 Å². The molecule has 0 bridgehead atoms. The summed E-state index contributed by atoms with van der Waals surface area (Å²) >= 11 is 0. The Balaban J connectivity index is 2.43. The Labute approximate surface area is 124 Å². The molecule has 4 heteroatoms. The molecule has 1 aromatic carbocycles. The molecule has 0 N–H and O–H groups in total. The normalized spacial score (nSPS) is 12.5. The second-order valence-corrected chi connectivity index (χ2v) is 4.67. The minimum absolute atomic E-state index is 0.0476. The van der Waals surface area contributed by atoms with Crippen LogP contribution in [0.5, 0.6) is 0 Å². The Morgan fingerprint density at radius 1 is 1.24 bits per heavy atom. The van der Waals surface area contributed by atoms with Crippen molar-refractivity contribution in [3.8, 4) is 0 Å². The van der Waals surface area contributed by atoms with Gasteiger partial charge in [0.15, 0.2) is 0 Å². The highest BCUT2D eigenvalue weighted by Crippen LogP contribution is 2.17. The monoisotopic (exact) mass is 288 g/mol. The van der Waals surface area contributed by atoms with Crippen LogP contribution < -0.4 is 0 Å². The molecule has 0 saturated carbocycles. The summed E-state index contributed by atoms with van der Waals surface area (Å²) < 4.78 is 5.16. The molecule has 0 aliphatic carbocycles. The molecule has 0 aliphatic rings. The number of rotatable bonds is 9. The van der Waals surface area contributed by atoms with Crippen LogP contribution in [0.4, 0.5) is 0 Å². The lowest BCUT2D eigenvalue weighted by Crippen LogP contribution is -2.16. The van der Waals surface area contributed by atoms with Gasteiger partial charge in [-0.05, 0) is 18.1 Å². The Morgan fingerprint density at radius 2 is 1.95 bits per heavy atom. The highest BCUT2D eigenvalue weighted by Gasteiger charge is 2.18. The molecule has 4 nitrogen and oxygen atoms in total. The van der Waals surface area contributed by atoms with Gasteiger partial charge in [0.25, 0.3) is 0 Å². The van der Waals surface area contributed by atoms with Crippen molar-refractivity contribution in [3.63, 3.8) is 0 Å². The third-order valence-electron chi connectivity index (χ3n) is 3.23. The molecule has 112 valence electrons. The van der Waals surface area contributed by atoms with Gasteiger partial charge in [0.1, 0.15) is 12.6 Å². The van der Waals surface area contributed by atoms with Crippen molar-refractivity contribution in [1.29, 1.82) is 0 Å². The standard InChI is InChI=1S/C17H20O4/c1-2-15(13-19)16(8-10-18)12-17(20)21-11-9-14-6-4-3-5-7-14/h2-7,10,13,16H,8-9,11-12H2,1H3/b15-2-/t16-/m0/s1. The van der Waals surface area contributed by atoms with Crippen LogP contribution in [0.2, 0.25) is 0 Å². The van der Waals surface area contributed by atoms with Crippen molar-refractivity contribution in [2.75, 3.05) is 6.61 Å². The van der Waals surface area contributed by atoms with Crippen LogP contribution in [0.3, 0.4) is 0 Å². The zero-order chi connectivity index (χ0) is 15.5. The van der Waals surface area contributed by atoms with E-state index in [1.807, 2.05) is 30.3 Å². The molecule has 0 amide bonds. The van der Waals surface area contributed by atoms with E-state index in [1.165, 1.54) is 0 Å². The van der Waals surface area contributed by atoms with E-state index in [-0.39, 0.29) is 18.8 Å². The molecular formula is C17H20O4. The molecule has 0 saturated heterocycles. The highest BCUT2D eigenvalue weighted by atomic mass is 16.5. The van der Waals surface area contributed by atoms with Crippen molar-refractivity contribution in [1.82, 2.24) is 0 Å². The lowest BCUT2D eigenvalue weighted by Gasteiger charge is -2.13. The molecule has 21 heavy (non-hydrogen) atoms. The van der Waals surface area contributed by atoms with Gasteiger partial charge in [0, 0.05) is 18.8 Å². The molecule has 0 unspecified atom stereocenters. The Bertz CT molecular complexity index is 491. The topological polar surface area (TPSA) is 60.4 Å². The van der Waals surface area contributed by atoms with Gasteiger partial charge in [-0.3, -0.25) is 9.59 Å². The first-order valence-electron chi connectivity index (χ1n) is 6.95. The van der Waals surface area contributed by atoms with Crippen LogP contribution >= 0.6 is 0 Å². The maximum Gasteiger partial charge on any atom is 0.306 e. The molecule has 0 heterocycles. The van der Waals surface area contributed by atoms with Crippen molar-refractivity contribution in [2.24, 2.45) is 5.92 Å². The van der Waals surface area contributed by atoms with Crippen LogP contribution in [-0.4, -0.2) is 25.1 Å². The van der Waals surface area contributed by atoms with Gasteiger partial charge in [0.05, 0.1) is 13.0 Å². The molecule has 0 radical (unpaired) electrons. The molecule has 0 aliphatic heterocycles. The lowest BCUT2D eigenvalue weighted by atomic mass is 9.93. The molecule has 1 atom stereocenters. The number of hydrogen-bond acceptors (Lipinski definition) is 4. The highest BCUT2D eigenvalue weighted by molar-refractivity contribution is 5.78. The summed E-state index contributed by atoms with van der Waals surface area (Å²) in [6, 6.07) is 9.72. The van der Waals surface area contributed by atoms with Crippen LogP contribution in [0, 0.1) is 5.92 Å². The number of hydrogen-bond donors (Lipinski definition) is 0. The number of esters is 1. The largest absolute Gasteiger partial charge is 0.465 e. The summed E-state index contributed by atoms with van der Waals surface area (Å²) in [5, 5.41) is 0. The van der Waals surface area contributed by atoms with Gasteiger partial charge in [-0.2, -0.15) is 0 Å². The van der Waals surface area contributed by atoms with E-state index in [2.05, 4.69) is 0 Å². The number of ether oxygens (including phenoxy) is 1. The fourth-order valence-electron chi connectivity index (χ4n) is 2.04. The Hall–Kier alpha value is -2.23. The Morgan fingerprint density at radius 3 is 2.52 bits per heavy atom. The van der Waals surface area contributed by atoms with Crippen molar-refractivity contribution in [3.05, 3.63) is 47.5 Å². The second-order valence-electron chi connectivity index (χ2n) is 4.67. The summed E-state index contributed by atoms with van der Waals surface area (Å²) in [7, 11) is 0. The van der Waals surface area contributed by atoms with E-state index in [9.17, 15) is 14.4 Å². The van der Waals surface area contributed by atoms with Gasteiger partial charge < -0.3 is 9.53 Å². The maximum atomic E-state index is 11.8. The van der Waals surface area contributed by atoms with Gasteiger partial charge in [0.2, 0.25) is 0 Å². The van der Waals surface area contributed by atoms with E-state index in [0.717, 1.165) is 11.8 Å². The summed E-state index contributed by atoms with van der Waals surface area (Å²) in [5.74, 6) is -0.784. The Kier molecular flexibility index (Phi) is 7.72. The number of benzene rings is 1. The van der Waals surface area contributed by atoms with Gasteiger partial charge in [-0.1, -0.05) is 36.4 Å². The van der Waals surface area contributed by atoms with E-state index in [0.29, 0.717) is 24.9 Å². The summed E-state index contributed by atoms with van der Waals surface area (Å²) in [5.41, 5.74) is 1.55. The van der Waals surface area contributed by atoms with Crippen molar-refractivity contribution < 1.29 is 19.1 Å². The average molecular weight is 288 g/mol.